The summed E-state index contributed by atoms with van der Waals surface area (Å²) in [6, 6.07) is 8.53. The van der Waals surface area contributed by atoms with Gasteiger partial charge in [-0.05, 0) is 25.1 Å². The van der Waals surface area contributed by atoms with Crippen LogP contribution >= 0.6 is 11.3 Å². The van der Waals surface area contributed by atoms with Crippen LogP contribution in [-0.2, 0) is 16.1 Å². The zero-order chi connectivity index (χ0) is 21.4. The van der Waals surface area contributed by atoms with E-state index in [4.69, 9.17) is 23.7 Å². The Kier molecular flexibility index (Phi) is 4.99. The number of aromatic nitrogens is 1. The predicted octanol–water partition coefficient (Wildman–Crippen LogP) is 2.51. The van der Waals surface area contributed by atoms with Gasteiger partial charge in [0.25, 0.3) is 5.91 Å². The van der Waals surface area contributed by atoms with Crippen LogP contribution in [0.15, 0.2) is 35.3 Å². The molecule has 1 amide bonds. The van der Waals surface area contributed by atoms with E-state index in [9.17, 15) is 9.59 Å². The molecule has 0 radical (unpaired) electrons. The minimum atomic E-state index is -0.457. The third kappa shape index (κ3) is 3.70. The molecule has 0 aliphatic carbocycles. The molecule has 2 aromatic carbocycles. The average molecular weight is 442 g/mol. The van der Waals surface area contributed by atoms with Crippen molar-refractivity contribution in [2.24, 2.45) is 4.99 Å². The maximum atomic E-state index is 12.9. The van der Waals surface area contributed by atoms with Crippen molar-refractivity contribution in [1.82, 2.24) is 4.57 Å². The molecule has 31 heavy (non-hydrogen) atoms. The van der Waals surface area contributed by atoms with Gasteiger partial charge in [-0.2, -0.15) is 4.99 Å². The van der Waals surface area contributed by atoms with Gasteiger partial charge in [0, 0.05) is 17.7 Å². The number of carbonyl (C=O) groups is 2. The maximum Gasteiger partial charge on any atom is 0.326 e. The molecular weight excluding hydrogens is 424 g/mol. The highest BCUT2D eigenvalue weighted by Gasteiger charge is 2.20. The smallest absolute Gasteiger partial charge is 0.326 e. The lowest BCUT2D eigenvalue weighted by Gasteiger charge is -2.18. The fourth-order valence-corrected chi connectivity index (χ4v) is 4.40. The number of hydrogen-bond donors (Lipinski definition) is 0. The summed E-state index contributed by atoms with van der Waals surface area (Å²) in [5.74, 6) is 1.41. The van der Waals surface area contributed by atoms with Crippen LogP contribution in [0.1, 0.15) is 17.3 Å². The largest absolute Gasteiger partial charge is 0.486 e. The molecule has 10 heteroatoms. The summed E-state index contributed by atoms with van der Waals surface area (Å²) in [6.07, 6.45) is 0. The Bertz CT molecular complexity index is 1260. The molecule has 2 aliphatic rings. The van der Waals surface area contributed by atoms with Gasteiger partial charge in [0.05, 0.1) is 16.8 Å². The van der Waals surface area contributed by atoms with E-state index in [2.05, 4.69) is 4.99 Å². The van der Waals surface area contributed by atoms with Crippen molar-refractivity contribution in [3.63, 3.8) is 0 Å². The molecule has 0 N–H and O–H groups in total. The molecule has 3 aromatic rings. The van der Waals surface area contributed by atoms with Crippen LogP contribution < -0.4 is 23.7 Å². The standard InChI is InChI=1S/C21H18N2O7S/c1-2-26-19(24)10-23-13-8-16-17(30-11-29-16)9-18(13)31-21(23)22-20(25)12-3-4-14-15(7-12)28-6-5-27-14/h3-4,7-9H,2,5-6,10-11H2,1H3. The predicted molar refractivity (Wildman–Crippen MR) is 110 cm³/mol. The number of rotatable bonds is 4. The number of benzene rings is 2. The molecule has 0 saturated heterocycles. The molecule has 3 heterocycles. The summed E-state index contributed by atoms with van der Waals surface area (Å²) < 4.78 is 29.5. The molecule has 1 aromatic heterocycles. The van der Waals surface area contributed by atoms with Gasteiger partial charge in [0.15, 0.2) is 27.8 Å². The molecule has 2 aliphatic heterocycles. The Morgan fingerprint density at radius 2 is 1.77 bits per heavy atom. The van der Waals surface area contributed by atoms with Gasteiger partial charge >= 0.3 is 5.97 Å². The van der Waals surface area contributed by atoms with Crippen molar-refractivity contribution in [2.75, 3.05) is 26.6 Å². The number of nitrogens with zero attached hydrogens (tertiary/aromatic N) is 2. The van der Waals surface area contributed by atoms with E-state index in [0.717, 1.165) is 4.70 Å². The van der Waals surface area contributed by atoms with Gasteiger partial charge < -0.3 is 28.3 Å². The van der Waals surface area contributed by atoms with Crippen molar-refractivity contribution in [1.29, 1.82) is 0 Å². The van der Waals surface area contributed by atoms with Gasteiger partial charge in [-0.1, -0.05) is 11.3 Å². The summed E-state index contributed by atoms with van der Waals surface area (Å²) in [6.45, 7) is 2.95. The van der Waals surface area contributed by atoms with Crippen LogP contribution in [0.4, 0.5) is 0 Å². The van der Waals surface area contributed by atoms with Crippen molar-refractivity contribution < 1.29 is 33.3 Å². The Morgan fingerprint density at radius 1 is 1.03 bits per heavy atom. The highest BCUT2D eigenvalue weighted by Crippen LogP contribution is 2.37. The summed E-state index contributed by atoms with van der Waals surface area (Å²) in [4.78, 5) is 29.8. The lowest BCUT2D eigenvalue weighted by Crippen LogP contribution is -2.23. The van der Waals surface area contributed by atoms with Gasteiger partial charge in [0.1, 0.15) is 19.8 Å². The van der Waals surface area contributed by atoms with Gasteiger partial charge in [-0.15, -0.1) is 0 Å². The lowest BCUT2D eigenvalue weighted by molar-refractivity contribution is -0.143. The Balaban J connectivity index is 1.58. The number of carbonyl (C=O) groups excluding carboxylic acids is 2. The Hall–Kier alpha value is -3.53. The second-order valence-electron chi connectivity index (χ2n) is 6.72. The minimum absolute atomic E-state index is 0.0826. The second kappa shape index (κ2) is 7.95. The normalized spacial score (nSPS) is 14.7. The van der Waals surface area contributed by atoms with E-state index in [0.29, 0.717) is 52.1 Å². The zero-order valence-corrected chi connectivity index (χ0v) is 17.4. The van der Waals surface area contributed by atoms with E-state index in [-0.39, 0.29) is 19.9 Å². The second-order valence-corrected chi connectivity index (χ2v) is 7.73. The van der Waals surface area contributed by atoms with Crippen LogP contribution in [-0.4, -0.2) is 43.1 Å². The van der Waals surface area contributed by atoms with Crippen molar-refractivity contribution in [2.45, 2.75) is 13.5 Å². The first-order valence-electron chi connectivity index (χ1n) is 9.69. The summed E-state index contributed by atoms with van der Waals surface area (Å²) in [5, 5.41) is 0. The Morgan fingerprint density at radius 3 is 2.58 bits per heavy atom. The van der Waals surface area contributed by atoms with E-state index in [1.807, 2.05) is 6.07 Å². The third-order valence-electron chi connectivity index (χ3n) is 4.76. The minimum Gasteiger partial charge on any atom is -0.486 e. The fourth-order valence-electron chi connectivity index (χ4n) is 3.36. The van der Waals surface area contributed by atoms with Crippen molar-refractivity contribution >= 4 is 33.4 Å². The third-order valence-corrected chi connectivity index (χ3v) is 5.80. The maximum absolute atomic E-state index is 12.9. The highest BCUT2D eigenvalue weighted by molar-refractivity contribution is 7.16. The molecular formula is C21H18N2O7S. The highest BCUT2D eigenvalue weighted by atomic mass is 32.1. The van der Waals surface area contributed by atoms with Gasteiger partial charge in [-0.25, -0.2) is 0 Å². The van der Waals surface area contributed by atoms with Crippen LogP contribution in [0, 0.1) is 0 Å². The lowest BCUT2D eigenvalue weighted by atomic mass is 10.2. The van der Waals surface area contributed by atoms with Crippen molar-refractivity contribution in [3.8, 4) is 23.0 Å². The zero-order valence-electron chi connectivity index (χ0n) is 16.6. The monoisotopic (exact) mass is 442 g/mol. The molecule has 0 bridgehead atoms. The first kappa shape index (κ1) is 19.4. The molecule has 0 atom stereocenters. The van der Waals surface area contributed by atoms with E-state index >= 15 is 0 Å². The number of amides is 1. The summed E-state index contributed by atoms with van der Waals surface area (Å²) >= 11 is 1.28. The summed E-state index contributed by atoms with van der Waals surface area (Å²) in [7, 11) is 0. The fraction of sp³-hybridized carbons (Fsp3) is 0.286. The quantitative estimate of drug-likeness (QED) is 0.573. The number of esters is 1. The van der Waals surface area contributed by atoms with Crippen LogP contribution in [0.2, 0.25) is 0 Å². The number of thiazole rings is 1. The SMILES string of the molecule is CCOC(=O)Cn1c(=NC(=O)c2ccc3c(c2)OCCO3)sc2cc3c(cc21)OCO3. The van der Waals surface area contributed by atoms with Crippen LogP contribution in [0.3, 0.4) is 0 Å². The molecule has 9 nitrogen and oxygen atoms in total. The van der Waals surface area contributed by atoms with Crippen LogP contribution in [0.5, 0.6) is 23.0 Å². The van der Waals surface area contributed by atoms with Gasteiger partial charge in [-0.3, -0.25) is 9.59 Å². The molecule has 0 fully saturated rings. The molecule has 160 valence electrons. The molecule has 0 unspecified atom stereocenters. The van der Waals surface area contributed by atoms with E-state index in [1.165, 1.54) is 11.3 Å². The molecule has 0 spiro atoms. The van der Waals surface area contributed by atoms with Gasteiger partial charge in [0.2, 0.25) is 6.79 Å². The van der Waals surface area contributed by atoms with Crippen molar-refractivity contribution in [3.05, 3.63) is 40.7 Å². The number of ether oxygens (including phenoxy) is 5. The number of fused-ring (bicyclic) bond motifs is 3. The summed E-state index contributed by atoms with van der Waals surface area (Å²) in [5.41, 5.74) is 1.06. The first-order chi connectivity index (χ1) is 15.1. The van der Waals surface area contributed by atoms with E-state index < -0.39 is 11.9 Å². The Labute approximate surface area is 180 Å². The molecule has 0 saturated carbocycles. The number of hydrogen-bond acceptors (Lipinski definition) is 8. The molecule has 5 rings (SSSR count). The topological polar surface area (TPSA) is 97.6 Å². The van der Waals surface area contributed by atoms with Crippen LogP contribution in [0.25, 0.3) is 10.2 Å². The average Bonchev–Trinajstić information content (AvgIpc) is 3.36. The first-order valence-corrected chi connectivity index (χ1v) is 10.5. The van der Waals surface area contributed by atoms with E-state index in [1.54, 1.807) is 35.8 Å².